The number of hydrogen-bond donors (Lipinski definition) is 2. The van der Waals surface area contributed by atoms with E-state index in [0.29, 0.717) is 0 Å². The Balaban J connectivity index is 1.47. The van der Waals surface area contributed by atoms with Crippen molar-refractivity contribution in [1.82, 2.24) is 15.5 Å². The summed E-state index contributed by atoms with van der Waals surface area (Å²) >= 11 is 0. The van der Waals surface area contributed by atoms with E-state index in [0.717, 1.165) is 48.7 Å². The number of rotatable bonds is 7. The summed E-state index contributed by atoms with van der Waals surface area (Å²) in [6, 6.07) is 14.5. The van der Waals surface area contributed by atoms with Crippen molar-refractivity contribution in [3.05, 3.63) is 65.5 Å². The number of nitrogens with one attached hydrogen (secondary N) is 2. The molecule has 3 aromatic rings. The number of hydrogen-bond acceptors (Lipinski definition) is 3. The molecule has 0 atom stereocenters. The molecule has 0 aliphatic carbocycles. The Bertz CT molecular complexity index is 700. The summed E-state index contributed by atoms with van der Waals surface area (Å²) in [5.74, 6) is 1.75. The van der Waals surface area contributed by atoms with Gasteiger partial charge in [0.15, 0.2) is 5.76 Å². The molecule has 0 amide bonds. The lowest BCUT2D eigenvalue weighted by Crippen LogP contribution is -2.15. The van der Waals surface area contributed by atoms with Crippen molar-refractivity contribution in [2.45, 2.75) is 26.3 Å². The van der Waals surface area contributed by atoms with Crippen LogP contribution in [0.3, 0.4) is 0 Å². The topological polar surface area (TPSA) is 53.9 Å². The van der Waals surface area contributed by atoms with Gasteiger partial charge in [-0.2, -0.15) is 5.10 Å². The molecule has 0 spiro atoms. The number of aryl methyl sites for hydroxylation is 2. The quantitative estimate of drug-likeness (QED) is 0.653. The van der Waals surface area contributed by atoms with Gasteiger partial charge in [-0.1, -0.05) is 30.3 Å². The first kappa shape index (κ1) is 14.6. The van der Waals surface area contributed by atoms with Crippen LogP contribution in [0.2, 0.25) is 0 Å². The Morgan fingerprint density at radius 1 is 1.14 bits per heavy atom. The largest absolute Gasteiger partial charge is 0.460 e. The average Bonchev–Trinajstić information content (AvgIpc) is 3.16. The molecule has 3 rings (SSSR count). The highest BCUT2D eigenvalue weighted by Crippen LogP contribution is 2.23. The van der Waals surface area contributed by atoms with E-state index in [1.54, 1.807) is 0 Å². The second-order valence-electron chi connectivity index (χ2n) is 5.45. The van der Waals surface area contributed by atoms with Crippen LogP contribution in [0.15, 0.2) is 53.1 Å². The van der Waals surface area contributed by atoms with Gasteiger partial charge < -0.3 is 9.73 Å². The van der Waals surface area contributed by atoms with Crippen LogP contribution in [0.25, 0.3) is 11.5 Å². The summed E-state index contributed by atoms with van der Waals surface area (Å²) in [6.07, 6.45) is 4.08. The predicted molar refractivity (Wildman–Crippen MR) is 87.5 cm³/mol. The highest BCUT2D eigenvalue weighted by Gasteiger charge is 2.10. The molecule has 1 aromatic carbocycles. The lowest BCUT2D eigenvalue weighted by molar-refractivity contribution is 0.545. The summed E-state index contributed by atoms with van der Waals surface area (Å²) < 4.78 is 5.65. The van der Waals surface area contributed by atoms with Crippen molar-refractivity contribution in [2.75, 3.05) is 6.54 Å². The zero-order valence-corrected chi connectivity index (χ0v) is 12.8. The van der Waals surface area contributed by atoms with Crippen molar-refractivity contribution in [2.24, 2.45) is 0 Å². The molecule has 0 unspecified atom stereocenters. The van der Waals surface area contributed by atoms with E-state index in [9.17, 15) is 0 Å². The summed E-state index contributed by atoms with van der Waals surface area (Å²) in [5, 5.41) is 10.6. The van der Waals surface area contributed by atoms with Crippen LogP contribution in [0.5, 0.6) is 0 Å². The number of aromatic amines is 1. The molecule has 114 valence electrons. The van der Waals surface area contributed by atoms with Crippen molar-refractivity contribution in [1.29, 1.82) is 0 Å². The predicted octanol–water partition coefficient (Wildman–Crippen LogP) is 3.70. The van der Waals surface area contributed by atoms with Gasteiger partial charge in [-0.25, -0.2) is 0 Å². The highest BCUT2D eigenvalue weighted by atomic mass is 16.3. The normalized spacial score (nSPS) is 11.0. The van der Waals surface area contributed by atoms with Crippen LogP contribution in [0.1, 0.15) is 23.3 Å². The number of aromatic nitrogens is 2. The van der Waals surface area contributed by atoms with Crippen LogP contribution in [0.4, 0.5) is 0 Å². The van der Waals surface area contributed by atoms with Gasteiger partial charge in [0.1, 0.15) is 11.5 Å². The first-order valence-corrected chi connectivity index (χ1v) is 7.66. The molecule has 0 fully saturated rings. The van der Waals surface area contributed by atoms with Gasteiger partial charge in [-0.3, -0.25) is 5.10 Å². The first-order valence-electron chi connectivity index (χ1n) is 7.66. The fourth-order valence-corrected chi connectivity index (χ4v) is 2.51. The van der Waals surface area contributed by atoms with Gasteiger partial charge in [0, 0.05) is 12.1 Å². The number of benzene rings is 1. The molecule has 0 bridgehead atoms. The molecule has 2 aromatic heterocycles. The minimum Gasteiger partial charge on any atom is -0.460 e. The molecule has 2 heterocycles. The molecule has 0 saturated carbocycles. The number of nitrogens with zero attached hydrogens (tertiary/aromatic N) is 1. The third-order valence-corrected chi connectivity index (χ3v) is 3.68. The van der Waals surface area contributed by atoms with E-state index in [1.165, 1.54) is 5.56 Å². The number of furan rings is 1. The lowest BCUT2D eigenvalue weighted by atomic mass is 10.1. The maximum Gasteiger partial charge on any atom is 0.152 e. The minimum atomic E-state index is 0.792. The fourth-order valence-electron chi connectivity index (χ4n) is 2.51. The SMILES string of the molecule is Cc1ccc(-c2[nH]ncc2CNCCCc2ccccc2)o1. The molecule has 22 heavy (non-hydrogen) atoms. The van der Waals surface area contributed by atoms with Gasteiger partial charge in [0.05, 0.1) is 6.20 Å². The molecule has 4 nitrogen and oxygen atoms in total. The van der Waals surface area contributed by atoms with Gasteiger partial charge in [-0.05, 0) is 44.0 Å². The average molecular weight is 295 g/mol. The molecule has 0 saturated heterocycles. The van der Waals surface area contributed by atoms with E-state index >= 15 is 0 Å². The van der Waals surface area contributed by atoms with Gasteiger partial charge in [-0.15, -0.1) is 0 Å². The van der Waals surface area contributed by atoms with Crippen molar-refractivity contribution in [3.8, 4) is 11.5 Å². The van der Waals surface area contributed by atoms with Crippen molar-refractivity contribution in [3.63, 3.8) is 0 Å². The van der Waals surface area contributed by atoms with E-state index < -0.39 is 0 Å². The fraction of sp³-hybridized carbons (Fsp3) is 0.278. The summed E-state index contributed by atoms with van der Waals surface area (Å²) in [5.41, 5.74) is 3.48. The zero-order valence-electron chi connectivity index (χ0n) is 12.8. The number of H-pyrrole nitrogens is 1. The van der Waals surface area contributed by atoms with Crippen LogP contribution >= 0.6 is 0 Å². The Morgan fingerprint density at radius 3 is 2.77 bits per heavy atom. The standard InChI is InChI=1S/C18H21N3O/c1-14-9-10-17(22-14)18-16(13-20-21-18)12-19-11-5-8-15-6-3-2-4-7-15/h2-4,6-7,9-10,13,19H,5,8,11-12H2,1H3,(H,20,21). The van der Waals surface area contributed by atoms with Gasteiger partial charge in [0.2, 0.25) is 0 Å². The van der Waals surface area contributed by atoms with Crippen molar-refractivity contribution >= 4 is 0 Å². The van der Waals surface area contributed by atoms with E-state index in [-0.39, 0.29) is 0 Å². The monoisotopic (exact) mass is 295 g/mol. The Morgan fingerprint density at radius 2 is 2.00 bits per heavy atom. The molecular formula is C18H21N3O. The Hall–Kier alpha value is -2.33. The van der Waals surface area contributed by atoms with Gasteiger partial charge in [0.25, 0.3) is 0 Å². The minimum absolute atomic E-state index is 0.792. The zero-order chi connectivity index (χ0) is 15.2. The Labute approximate surface area is 130 Å². The molecule has 0 radical (unpaired) electrons. The van der Waals surface area contributed by atoms with Crippen LogP contribution < -0.4 is 5.32 Å². The molecule has 0 aliphatic rings. The van der Waals surface area contributed by atoms with E-state index in [4.69, 9.17) is 4.42 Å². The third kappa shape index (κ3) is 3.65. The molecular weight excluding hydrogens is 274 g/mol. The second kappa shape index (κ2) is 7.09. The third-order valence-electron chi connectivity index (χ3n) is 3.68. The summed E-state index contributed by atoms with van der Waals surface area (Å²) in [4.78, 5) is 0. The van der Waals surface area contributed by atoms with Crippen LogP contribution in [-0.2, 0) is 13.0 Å². The summed E-state index contributed by atoms with van der Waals surface area (Å²) in [7, 11) is 0. The molecule has 0 aliphatic heterocycles. The highest BCUT2D eigenvalue weighted by molar-refractivity contribution is 5.56. The smallest absolute Gasteiger partial charge is 0.152 e. The molecule has 2 N–H and O–H groups in total. The van der Waals surface area contributed by atoms with E-state index in [2.05, 4.69) is 45.8 Å². The van der Waals surface area contributed by atoms with Crippen LogP contribution in [-0.4, -0.2) is 16.7 Å². The molecule has 4 heteroatoms. The van der Waals surface area contributed by atoms with Gasteiger partial charge >= 0.3 is 0 Å². The van der Waals surface area contributed by atoms with E-state index in [1.807, 2.05) is 25.3 Å². The first-order chi connectivity index (χ1) is 10.8. The second-order valence-corrected chi connectivity index (χ2v) is 5.45. The maximum absolute atomic E-state index is 5.65. The lowest BCUT2D eigenvalue weighted by Gasteiger charge is -2.05. The maximum atomic E-state index is 5.65. The Kier molecular flexibility index (Phi) is 4.71. The summed E-state index contributed by atoms with van der Waals surface area (Å²) in [6.45, 7) is 3.72. The van der Waals surface area contributed by atoms with Crippen LogP contribution in [0, 0.1) is 6.92 Å². The van der Waals surface area contributed by atoms with Crippen molar-refractivity contribution < 1.29 is 4.42 Å².